The fourth-order valence-electron chi connectivity index (χ4n) is 1.41. The Hall–Kier alpha value is -0.833. The molecule has 16 heavy (non-hydrogen) atoms. The van der Waals surface area contributed by atoms with Crippen LogP contribution in [0.3, 0.4) is 0 Å². The highest BCUT2D eigenvalue weighted by molar-refractivity contribution is 6.83. The fourth-order valence-corrected chi connectivity index (χ4v) is 2.02. The van der Waals surface area contributed by atoms with Crippen molar-refractivity contribution in [2.75, 3.05) is 6.61 Å². The number of carboxylic acid groups (broad SMARTS) is 1. The molecule has 0 aliphatic carbocycles. The van der Waals surface area contributed by atoms with E-state index < -0.39 is 25.7 Å². The van der Waals surface area contributed by atoms with Gasteiger partial charge < -0.3 is 14.9 Å². The average molecular weight is 242 g/mol. The molecule has 1 fully saturated rings. The van der Waals surface area contributed by atoms with Gasteiger partial charge in [0, 0.05) is 12.8 Å². The van der Waals surface area contributed by atoms with Crippen molar-refractivity contribution in [1.82, 2.24) is 0 Å². The molecule has 0 spiro atoms. The summed E-state index contributed by atoms with van der Waals surface area (Å²) >= 11 is 0. The maximum absolute atomic E-state index is 10.8. The first kappa shape index (κ1) is 13.2. The van der Waals surface area contributed by atoms with E-state index in [0.29, 0.717) is 6.42 Å². The van der Waals surface area contributed by atoms with E-state index in [4.69, 9.17) is 9.84 Å². The minimum atomic E-state index is -1.55. The summed E-state index contributed by atoms with van der Waals surface area (Å²) < 4.78 is 5.05. The molecule has 1 aliphatic heterocycles. The Morgan fingerprint density at radius 1 is 1.50 bits per heavy atom. The molecular formula is C11H18O4Si. The first-order chi connectivity index (χ1) is 7.22. The van der Waals surface area contributed by atoms with E-state index >= 15 is 0 Å². The molecular weight excluding hydrogens is 224 g/mol. The third-order valence-electron chi connectivity index (χ3n) is 2.30. The van der Waals surface area contributed by atoms with Gasteiger partial charge in [0.15, 0.2) is 6.10 Å². The van der Waals surface area contributed by atoms with Crippen LogP contribution in [0.1, 0.15) is 12.8 Å². The van der Waals surface area contributed by atoms with Crippen molar-refractivity contribution in [3.63, 3.8) is 0 Å². The predicted octanol–water partition coefficient (Wildman–Crippen LogP) is 0.862. The van der Waals surface area contributed by atoms with Gasteiger partial charge in [0.1, 0.15) is 13.7 Å². The van der Waals surface area contributed by atoms with E-state index in [1.807, 2.05) is 0 Å². The zero-order valence-electron chi connectivity index (χ0n) is 9.91. The van der Waals surface area contributed by atoms with Gasteiger partial charge in [-0.15, -0.1) is 5.54 Å². The Morgan fingerprint density at radius 3 is 2.62 bits per heavy atom. The van der Waals surface area contributed by atoms with E-state index in [9.17, 15) is 9.90 Å². The second-order valence-corrected chi connectivity index (χ2v) is 9.93. The van der Waals surface area contributed by atoms with Crippen molar-refractivity contribution in [3.05, 3.63) is 0 Å². The van der Waals surface area contributed by atoms with Crippen molar-refractivity contribution in [1.29, 1.82) is 0 Å². The van der Waals surface area contributed by atoms with Crippen molar-refractivity contribution in [2.45, 2.75) is 44.2 Å². The summed E-state index contributed by atoms with van der Waals surface area (Å²) in [6.45, 7) is 6.49. The van der Waals surface area contributed by atoms with E-state index in [0.717, 1.165) is 0 Å². The van der Waals surface area contributed by atoms with E-state index in [2.05, 4.69) is 31.1 Å². The summed E-state index contributed by atoms with van der Waals surface area (Å²) in [5.74, 6) is 1.81. The van der Waals surface area contributed by atoms with Gasteiger partial charge in [0.25, 0.3) is 0 Å². The smallest absolute Gasteiger partial charge is 0.332 e. The molecule has 4 nitrogen and oxygen atoms in total. The topological polar surface area (TPSA) is 66.8 Å². The average Bonchev–Trinajstić information content (AvgIpc) is 2.14. The zero-order valence-corrected chi connectivity index (χ0v) is 10.9. The van der Waals surface area contributed by atoms with Gasteiger partial charge in [0.05, 0.1) is 6.61 Å². The SMILES string of the molecule is C[Si](C)(C)C#CC1(O)CCOC(C(=O)O)C1. The number of ether oxygens (including phenoxy) is 1. The van der Waals surface area contributed by atoms with Gasteiger partial charge in [0.2, 0.25) is 0 Å². The van der Waals surface area contributed by atoms with Crippen LogP contribution in [0.25, 0.3) is 0 Å². The van der Waals surface area contributed by atoms with Gasteiger partial charge in [-0.3, -0.25) is 0 Å². The first-order valence-electron chi connectivity index (χ1n) is 5.33. The van der Waals surface area contributed by atoms with Crippen LogP contribution < -0.4 is 0 Å². The molecule has 0 amide bonds. The first-order valence-corrected chi connectivity index (χ1v) is 8.83. The van der Waals surface area contributed by atoms with Crippen LogP contribution in [-0.2, 0) is 9.53 Å². The van der Waals surface area contributed by atoms with Gasteiger partial charge in [-0.2, -0.15) is 0 Å². The van der Waals surface area contributed by atoms with Crippen LogP contribution in [0, 0.1) is 11.5 Å². The summed E-state index contributed by atoms with van der Waals surface area (Å²) in [4.78, 5) is 10.8. The maximum atomic E-state index is 10.8. The molecule has 1 aliphatic rings. The van der Waals surface area contributed by atoms with Crippen LogP contribution >= 0.6 is 0 Å². The number of carbonyl (C=O) groups is 1. The number of aliphatic carboxylic acids is 1. The summed E-state index contributed by atoms with van der Waals surface area (Å²) in [7, 11) is -1.55. The summed E-state index contributed by atoms with van der Waals surface area (Å²) in [5.41, 5.74) is 1.89. The van der Waals surface area contributed by atoms with Crippen molar-refractivity contribution in [3.8, 4) is 11.5 Å². The number of rotatable bonds is 1. The van der Waals surface area contributed by atoms with Crippen molar-refractivity contribution < 1.29 is 19.7 Å². The number of carboxylic acids is 1. The molecule has 0 aromatic heterocycles. The van der Waals surface area contributed by atoms with Gasteiger partial charge in [-0.05, 0) is 0 Å². The Bertz CT molecular complexity index is 336. The molecule has 2 atom stereocenters. The summed E-state index contributed by atoms with van der Waals surface area (Å²) in [6, 6.07) is 0. The van der Waals surface area contributed by atoms with Gasteiger partial charge in [-0.25, -0.2) is 4.79 Å². The van der Waals surface area contributed by atoms with Crippen LogP contribution in [0.15, 0.2) is 0 Å². The lowest BCUT2D eigenvalue weighted by Crippen LogP contribution is -2.43. The second kappa shape index (κ2) is 4.58. The van der Waals surface area contributed by atoms with Crippen LogP contribution in [-0.4, -0.2) is 42.6 Å². The summed E-state index contributed by atoms with van der Waals surface area (Å²) in [6.07, 6.45) is -0.497. The third kappa shape index (κ3) is 3.97. The quantitative estimate of drug-likeness (QED) is 0.529. The lowest BCUT2D eigenvalue weighted by Gasteiger charge is -2.31. The molecule has 0 aromatic rings. The number of hydrogen-bond donors (Lipinski definition) is 2. The van der Waals surface area contributed by atoms with Crippen LogP contribution in [0.5, 0.6) is 0 Å². The zero-order chi connectivity index (χ0) is 12.4. The molecule has 0 aromatic carbocycles. The van der Waals surface area contributed by atoms with Crippen molar-refractivity contribution >= 4 is 14.0 Å². The van der Waals surface area contributed by atoms with Crippen LogP contribution in [0.2, 0.25) is 19.6 Å². The van der Waals surface area contributed by atoms with Crippen LogP contribution in [0.4, 0.5) is 0 Å². The summed E-state index contributed by atoms with van der Waals surface area (Å²) in [5, 5.41) is 19.0. The largest absolute Gasteiger partial charge is 0.479 e. The Kier molecular flexibility index (Phi) is 3.78. The van der Waals surface area contributed by atoms with E-state index in [1.165, 1.54) is 0 Å². The maximum Gasteiger partial charge on any atom is 0.332 e. The molecule has 2 unspecified atom stereocenters. The van der Waals surface area contributed by atoms with E-state index in [-0.39, 0.29) is 13.0 Å². The molecule has 0 saturated carbocycles. The standard InChI is InChI=1S/C11H18O4Si/c1-16(2,3)7-5-11(14)4-6-15-9(8-11)10(12)13/h9,14H,4,6,8H2,1-3H3,(H,12,13). The van der Waals surface area contributed by atoms with Crippen molar-refractivity contribution in [2.24, 2.45) is 0 Å². The monoisotopic (exact) mass is 242 g/mol. The Labute approximate surface area is 96.6 Å². The molecule has 0 bridgehead atoms. The fraction of sp³-hybridized carbons (Fsp3) is 0.727. The molecule has 2 N–H and O–H groups in total. The molecule has 0 radical (unpaired) electrons. The molecule has 1 saturated heterocycles. The second-order valence-electron chi connectivity index (χ2n) is 5.18. The lowest BCUT2D eigenvalue weighted by molar-refractivity contribution is -0.160. The minimum Gasteiger partial charge on any atom is -0.479 e. The van der Waals surface area contributed by atoms with Gasteiger partial charge >= 0.3 is 5.97 Å². The number of aliphatic hydroxyl groups is 1. The highest BCUT2D eigenvalue weighted by Gasteiger charge is 2.37. The normalized spacial score (nSPS) is 30.4. The third-order valence-corrected chi connectivity index (χ3v) is 3.18. The predicted molar refractivity (Wildman–Crippen MR) is 62.7 cm³/mol. The Balaban J connectivity index is 2.76. The highest BCUT2D eigenvalue weighted by Crippen LogP contribution is 2.24. The molecule has 1 rings (SSSR count). The molecule has 1 heterocycles. The molecule has 90 valence electrons. The minimum absolute atomic E-state index is 0.0554. The van der Waals surface area contributed by atoms with Gasteiger partial charge in [-0.1, -0.05) is 25.6 Å². The Morgan fingerprint density at radius 2 is 2.12 bits per heavy atom. The molecule has 5 heteroatoms. The lowest BCUT2D eigenvalue weighted by atomic mass is 9.91. The van der Waals surface area contributed by atoms with E-state index in [1.54, 1.807) is 0 Å². The number of hydrogen-bond acceptors (Lipinski definition) is 3. The highest BCUT2D eigenvalue weighted by atomic mass is 28.3.